The maximum atomic E-state index is 14.3. The van der Waals surface area contributed by atoms with Gasteiger partial charge >= 0.3 is 18.3 Å². The minimum Gasteiger partial charge on any atom is -0.478 e. The number of carboxylic acid groups (broad SMARTS) is 1. The highest BCUT2D eigenvalue weighted by Crippen LogP contribution is 2.47. The monoisotopic (exact) mass is 606 g/mol. The number of aryl methyl sites for hydroxylation is 1. The summed E-state index contributed by atoms with van der Waals surface area (Å²) in [5.74, 6) is -0.780. The molecule has 4 nitrogen and oxygen atoms in total. The molecule has 1 aliphatic heterocycles. The zero-order valence-electron chi connectivity index (χ0n) is 23.0. The van der Waals surface area contributed by atoms with Crippen LogP contribution in [0.25, 0.3) is 11.1 Å². The van der Waals surface area contributed by atoms with E-state index >= 15 is 0 Å². The molecule has 1 fully saturated rings. The first-order valence-electron chi connectivity index (χ1n) is 14.0. The van der Waals surface area contributed by atoms with Gasteiger partial charge in [0.15, 0.2) is 0 Å². The molecule has 5 rings (SSSR count). The first kappa shape index (κ1) is 30.7. The largest absolute Gasteiger partial charge is 0.478 e. The van der Waals surface area contributed by atoms with Crippen molar-refractivity contribution < 1.29 is 40.6 Å². The Morgan fingerprint density at radius 3 is 2.30 bits per heavy atom. The molecule has 0 saturated carbocycles. The Bertz CT molecular complexity index is 1520. The summed E-state index contributed by atoms with van der Waals surface area (Å²) >= 11 is 0. The molecule has 228 valence electrons. The quantitative estimate of drug-likeness (QED) is 0.265. The molecular weight excluding hydrogens is 577 g/mol. The number of carbonyl (C=O) groups is 1. The first-order valence-corrected chi connectivity index (χ1v) is 14.0. The summed E-state index contributed by atoms with van der Waals surface area (Å²) in [5.41, 5.74) is -1.56. The van der Waals surface area contributed by atoms with Gasteiger partial charge in [-0.3, -0.25) is 9.37 Å². The van der Waals surface area contributed by atoms with Gasteiger partial charge in [-0.05, 0) is 89.6 Å². The van der Waals surface area contributed by atoms with E-state index in [4.69, 9.17) is 0 Å². The van der Waals surface area contributed by atoms with E-state index in [9.17, 15) is 40.6 Å². The molecule has 1 saturated heterocycles. The number of nitrogens with zero attached hydrogens (tertiary/aromatic N) is 2. The van der Waals surface area contributed by atoms with Gasteiger partial charge in [0.05, 0.1) is 29.1 Å². The summed E-state index contributed by atoms with van der Waals surface area (Å²) in [4.78, 5) is 17.7. The number of fused-ring (bicyclic) bond motifs is 1. The second-order valence-corrected chi connectivity index (χ2v) is 11.0. The number of carboxylic acids is 1. The van der Waals surface area contributed by atoms with Gasteiger partial charge in [-0.15, -0.1) is 0 Å². The van der Waals surface area contributed by atoms with Crippen molar-refractivity contribution in [3.63, 3.8) is 0 Å². The number of likely N-dealkylation sites (tertiary alicyclic amines) is 1. The van der Waals surface area contributed by atoms with Gasteiger partial charge in [-0.1, -0.05) is 30.3 Å². The average Bonchev–Trinajstić information content (AvgIpc) is 3.12. The molecule has 11 heteroatoms. The number of allylic oxidation sites excluding steroid dienone is 1. The fourth-order valence-corrected chi connectivity index (χ4v) is 6.11. The van der Waals surface area contributed by atoms with Crippen LogP contribution in [-0.2, 0) is 25.2 Å². The third kappa shape index (κ3) is 6.61. The van der Waals surface area contributed by atoms with Gasteiger partial charge < -0.3 is 10.0 Å². The third-order valence-electron chi connectivity index (χ3n) is 8.03. The highest BCUT2D eigenvalue weighted by molar-refractivity contribution is 6.00. The molecule has 2 aromatic carbocycles. The number of rotatable bonds is 8. The predicted octanol–water partition coefficient (Wildman–Crippen LogP) is 7.95. The number of aromatic carboxylic acids is 1. The number of hydrogen-bond acceptors (Lipinski definition) is 3. The lowest BCUT2D eigenvalue weighted by molar-refractivity contribution is -0.162. The molecule has 2 aliphatic rings. The summed E-state index contributed by atoms with van der Waals surface area (Å²) in [6, 6.07) is 11.8. The van der Waals surface area contributed by atoms with Crippen LogP contribution in [0.5, 0.6) is 0 Å². The normalized spacial score (nSPS) is 16.5. The lowest BCUT2D eigenvalue weighted by Gasteiger charge is -2.39. The molecular formula is C32H29F7N2O2. The maximum absolute atomic E-state index is 14.3. The molecule has 0 unspecified atom stereocenters. The van der Waals surface area contributed by atoms with E-state index in [1.54, 1.807) is 12.1 Å². The Morgan fingerprint density at radius 2 is 1.67 bits per heavy atom. The second kappa shape index (κ2) is 12.1. The number of aromatic nitrogens is 1. The number of halogens is 7. The van der Waals surface area contributed by atoms with Crippen LogP contribution in [0.15, 0.2) is 54.7 Å². The summed E-state index contributed by atoms with van der Waals surface area (Å²) < 4.78 is 96.9. The van der Waals surface area contributed by atoms with Gasteiger partial charge in [0.25, 0.3) is 0 Å². The zero-order chi connectivity index (χ0) is 30.9. The molecule has 43 heavy (non-hydrogen) atoms. The SMILES string of the molecule is O=C(O)c1ccc2c(c1)CCCC(c1nccc(C(F)(F)F)c1C(F)(F)F)=C2c1ccc(CC2CN(CCCF)C2)cc1. The fourth-order valence-electron chi connectivity index (χ4n) is 6.11. The van der Waals surface area contributed by atoms with Crippen molar-refractivity contribution in [2.24, 2.45) is 5.92 Å². The molecule has 0 bridgehead atoms. The van der Waals surface area contributed by atoms with Crippen molar-refractivity contribution in [3.8, 4) is 0 Å². The number of pyridine rings is 1. The first-order chi connectivity index (χ1) is 20.4. The lowest BCUT2D eigenvalue weighted by Crippen LogP contribution is -2.47. The van der Waals surface area contributed by atoms with Crippen LogP contribution in [-0.4, -0.2) is 47.3 Å². The Labute approximate surface area is 243 Å². The van der Waals surface area contributed by atoms with E-state index in [0.717, 1.165) is 31.3 Å². The minimum atomic E-state index is -5.33. The lowest BCUT2D eigenvalue weighted by atomic mass is 9.86. The molecule has 1 N–H and O–H groups in total. The molecule has 0 amide bonds. The van der Waals surface area contributed by atoms with E-state index in [1.165, 1.54) is 18.2 Å². The zero-order valence-corrected chi connectivity index (χ0v) is 23.0. The van der Waals surface area contributed by atoms with E-state index in [2.05, 4.69) is 9.88 Å². The van der Waals surface area contributed by atoms with Gasteiger partial charge in [0.1, 0.15) is 0 Å². The maximum Gasteiger partial charge on any atom is 0.419 e. The van der Waals surface area contributed by atoms with Gasteiger partial charge in [0, 0.05) is 25.8 Å². The molecule has 1 aromatic heterocycles. The average molecular weight is 607 g/mol. The van der Waals surface area contributed by atoms with Crippen LogP contribution >= 0.6 is 0 Å². The highest BCUT2D eigenvalue weighted by Gasteiger charge is 2.46. The Kier molecular flexibility index (Phi) is 8.65. The van der Waals surface area contributed by atoms with Crippen LogP contribution in [0.3, 0.4) is 0 Å². The van der Waals surface area contributed by atoms with Crippen molar-refractivity contribution in [1.29, 1.82) is 0 Å². The predicted molar refractivity (Wildman–Crippen MR) is 147 cm³/mol. The summed E-state index contributed by atoms with van der Waals surface area (Å²) in [6.07, 6.45) is -7.99. The highest BCUT2D eigenvalue weighted by atomic mass is 19.4. The smallest absolute Gasteiger partial charge is 0.419 e. The topological polar surface area (TPSA) is 53.4 Å². The molecule has 1 aliphatic carbocycles. The number of benzene rings is 2. The number of hydrogen-bond donors (Lipinski definition) is 1. The minimum absolute atomic E-state index is 0.00233. The van der Waals surface area contributed by atoms with Crippen molar-refractivity contribution in [3.05, 3.63) is 99.4 Å². The van der Waals surface area contributed by atoms with Crippen LogP contribution in [0.1, 0.15) is 68.7 Å². The Morgan fingerprint density at radius 1 is 0.953 bits per heavy atom. The van der Waals surface area contributed by atoms with E-state index < -0.39 is 35.1 Å². The molecule has 0 spiro atoms. The van der Waals surface area contributed by atoms with Crippen LogP contribution in [0.2, 0.25) is 0 Å². The Balaban J connectivity index is 1.63. The van der Waals surface area contributed by atoms with Gasteiger partial charge in [-0.25, -0.2) is 4.79 Å². The molecule has 3 aromatic rings. The number of alkyl halides is 7. The van der Waals surface area contributed by atoms with Gasteiger partial charge in [-0.2, -0.15) is 26.3 Å². The summed E-state index contributed by atoms with van der Waals surface area (Å²) in [7, 11) is 0. The standard InChI is InChI=1S/C32H29F7N2O2/c33-12-2-14-41-17-20(18-41)15-19-5-7-21(8-6-19)27-24-10-9-23(30(42)43)16-22(24)3-1-4-25(27)29-28(32(37,38)39)26(11-13-40-29)31(34,35)36/h5-11,13,16,20H,1-4,12,14-15,17-18H2,(H,42,43). The summed E-state index contributed by atoms with van der Waals surface area (Å²) in [5, 5.41) is 9.52. The van der Waals surface area contributed by atoms with Crippen molar-refractivity contribution in [2.75, 3.05) is 26.3 Å². The van der Waals surface area contributed by atoms with Crippen molar-refractivity contribution in [1.82, 2.24) is 9.88 Å². The molecule has 2 heterocycles. The molecule has 0 radical (unpaired) electrons. The van der Waals surface area contributed by atoms with Crippen molar-refractivity contribution in [2.45, 2.75) is 44.5 Å². The molecule has 0 atom stereocenters. The van der Waals surface area contributed by atoms with Crippen molar-refractivity contribution >= 4 is 17.1 Å². The van der Waals surface area contributed by atoms with E-state index in [-0.39, 0.29) is 30.7 Å². The van der Waals surface area contributed by atoms with E-state index in [0.29, 0.717) is 53.6 Å². The summed E-state index contributed by atoms with van der Waals surface area (Å²) in [6.45, 7) is 2.03. The van der Waals surface area contributed by atoms with Crippen LogP contribution in [0, 0.1) is 5.92 Å². The fraction of sp³-hybridized carbons (Fsp3) is 0.375. The third-order valence-corrected chi connectivity index (χ3v) is 8.03. The Hall–Kier alpha value is -3.73. The van der Waals surface area contributed by atoms with E-state index in [1.807, 2.05) is 12.1 Å². The van der Waals surface area contributed by atoms with Crippen LogP contribution < -0.4 is 0 Å². The van der Waals surface area contributed by atoms with Gasteiger partial charge in [0.2, 0.25) is 0 Å². The second-order valence-electron chi connectivity index (χ2n) is 11.0. The van der Waals surface area contributed by atoms with Crippen LogP contribution in [0.4, 0.5) is 30.7 Å².